The molecule has 0 heterocycles. The SMILES string of the molecule is CCNC(=NCc1ccc(F)cc1CSC)NCC(=O)NCCOC. The number of nitrogens with one attached hydrogen (secondary N) is 3. The molecule has 1 aromatic carbocycles. The number of amides is 1. The third kappa shape index (κ3) is 8.74. The van der Waals surface area contributed by atoms with Gasteiger partial charge in [-0.3, -0.25) is 4.79 Å². The van der Waals surface area contributed by atoms with Crippen LogP contribution < -0.4 is 16.0 Å². The lowest BCUT2D eigenvalue weighted by Gasteiger charge is -2.12. The topological polar surface area (TPSA) is 74.8 Å². The van der Waals surface area contributed by atoms with Gasteiger partial charge in [0, 0.05) is 26.0 Å². The summed E-state index contributed by atoms with van der Waals surface area (Å²) in [5.41, 5.74) is 1.90. The van der Waals surface area contributed by atoms with E-state index in [1.165, 1.54) is 6.07 Å². The van der Waals surface area contributed by atoms with Gasteiger partial charge >= 0.3 is 0 Å². The number of rotatable bonds is 10. The molecule has 0 saturated heterocycles. The summed E-state index contributed by atoms with van der Waals surface area (Å²) in [5, 5.41) is 8.81. The second-order valence-electron chi connectivity index (χ2n) is 5.24. The average Bonchev–Trinajstić information content (AvgIpc) is 2.59. The molecule has 1 rings (SSSR count). The molecule has 0 aliphatic carbocycles. The number of halogens is 1. The highest BCUT2D eigenvalue weighted by atomic mass is 32.2. The highest BCUT2D eigenvalue weighted by molar-refractivity contribution is 7.97. The molecule has 140 valence electrons. The van der Waals surface area contributed by atoms with E-state index in [-0.39, 0.29) is 18.3 Å². The number of hydrogen-bond donors (Lipinski definition) is 3. The third-order valence-electron chi connectivity index (χ3n) is 3.26. The van der Waals surface area contributed by atoms with Gasteiger partial charge in [-0.05, 0) is 36.4 Å². The summed E-state index contributed by atoms with van der Waals surface area (Å²) in [6, 6.07) is 4.74. The first-order valence-electron chi connectivity index (χ1n) is 8.14. The molecule has 3 N–H and O–H groups in total. The van der Waals surface area contributed by atoms with Crippen LogP contribution in [0.25, 0.3) is 0 Å². The predicted molar refractivity (Wildman–Crippen MR) is 101 cm³/mol. The summed E-state index contributed by atoms with van der Waals surface area (Å²) < 4.78 is 18.3. The van der Waals surface area contributed by atoms with Crippen LogP contribution in [0.1, 0.15) is 18.1 Å². The van der Waals surface area contributed by atoms with E-state index in [0.717, 1.165) is 16.9 Å². The molecule has 0 radical (unpaired) electrons. The normalized spacial score (nSPS) is 11.3. The van der Waals surface area contributed by atoms with Crippen LogP contribution in [0.5, 0.6) is 0 Å². The zero-order chi connectivity index (χ0) is 18.5. The molecule has 0 aliphatic heterocycles. The summed E-state index contributed by atoms with van der Waals surface area (Å²) in [5.74, 6) is 0.903. The van der Waals surface area contributed by atoms with Crippen LogP contribution in [0, 0.1) is 5.82 Å². The van der Waals surface area contributed by atoms with E-state index in [4.69, 9.17) is 4.74 Å². The first kappa shape index (κ1) is 21.2. The number of benzene rings is 1. The fraction of sp³-hybridized carbons (Fsp3) is 0.529. The standard InChI is InChI=1S/C17H27FN4O2S/c1-4-19-17(22-11-16(23)20-7-8-24-2)21-10-13-5-6-15(18)9-14(13)12-25-3/h5-6,9H,4,7-8,10-12H2,1-3H3,(H,20,23)(H2,19,21,22). The van der Waals surface area contributed by atoms with Crippen LogP contribution in [0.15, 0.2) is 23.2 Å². The Morgan fingerprint density at radius 2 is 2.08 bits per heavy atom. The van der Waals surface area contributed by atoms with Gasteiger partial charge in [0.05, 0.1) is 19.7 Å². The molecule has 25 heavy (non-hydrogen) atoms. The van der Waals surface area contributed by atoms with Crippen molar-refractivity contribution in [2.45, 2.75) is 19.2 Å². The zero-order valence-electron chi connectivity index (χ0n) is 15.0. The molecule has 0 spiro atoms. The van der Waals surface area contributed by atoms with Crippen LogP contribution >= 0.6 is 11.8 Å². The molecule has 1 aromatic rings. The summed E-state index contributed by atoms with van der Waals surface area (Å²) in [6.45, 7) is 4.11. The van der Waals surface area contributed by atoms with Crippen LogP contribution in [0.3, 0.4) is 0 Å². The molecule has 0 atom stereocenters. The van der Waals surface area contributed by atoms with Crippen molar-refractivity contribution in [2.75, 3.05) is 39.6 Å². The molecule has 0 bridgehead atoms. The second-order valence-corrected chi connectivity index (χ2v) is 6.10. The fourth-order valence-corrected chi connectivity index (χ4v) is 2.64. The van der Waals surface area contributed by atoms with Crippen molar-refractivity contribution in [3.63, 3.8) is 0 Å². The van der Waals surface area contributed by atoms with Crippen molar-refractivity contribution in [3.05, 3.63) is 35.1 Å². The summed E-state index contributed by atoms with van der Waals surface area (Å²) in [4.78, 5) is 16.2. The Kier molecular flexibility index (Phi) is 10.7. The number of carbonyl (C=O) groups excluding carboxylic acids is 1. The van der Waals surface area contributed by atoms with Crippen molar-refractivity contribution in [3.8, 4) is 0 Å². The van der Waals surface area contributed by atoms with Gasteiger partial charge < -0.3 is 20.7 Å². The van der Waals surface area contributed by atoms with Crippen LogP contribution in [0.2, 0.25) is 0 Å². The van der Waals surface area contributed by atoms with Crippen molar-refractivity contribution in [1.82, 2.24) is 16.0 Å². The zero-order valence-corrected chi connectivity index (χ0v) is 15.8. The second kappa shape index (κ2) is 12.5. The van der Waals surface area contributed by atoms with Gasteiger partial charge in [0.1, 0.15) is 5.82 Å². The number of thioether (sulfide) groups is 1. The lowest BCUT2D eigenvalue weighted by Crippen LogP contribution is -2.43. The van der Waals surface area contributed by atoms with Crippen molar-refractivity contribution in [1.29, 1.82) is 0 Å². The quantitative estimate of drug-likeness (QED) is 0.331. The maximum absolute atomic E-state index is 13.4. The smallest absolute Gasteiger partial charge is 0.239 e. The lowest BCUT2D eigenvalue weighted by atomic mass is 10.1. The maximum Gasteiger partial charge on any atom is 0.239 e. The highest BCUT2D eigenvalue weighted by Crippen LogP contribution is 2.17. The number of ether oxygens (including phenoxy) is 1. The van der Waals surface area contributed by atoms with E-state index in [1.807, 2.05) is 13.2 Å². The third-order valence-corrected chi connectivity index (χ3v) is 3.86. The minimum atomic E-state index is -0.241. The molecule has 1 amide bonds. The molecule has 0 aromatic heterocycles. The number of methoxy groups -OCH3 is 1. The minimum absolute atomic E-state index is 0.122. The number of hydrogen-bond acceptors (Lipinski definition) is 4. The Labute approximate surface area is 153 Å². The summed E-state index contributed by atoms with van der Waals surface area (Å²) in [6.07, 6.45) is 1.98. The number of guanidine groups is 1. The molecular weight excluding hydrogens is 343 g/mol. The first-order valence-corrected chi connectivity index (χ1v) is 9.54. The lowest BCUT2D eigenvalue weighted by molar-refractivity contribution is -0.120. The number of nitrogens with zero attached hydrogens (tertiary/aromatic N) is 1. The molecule has 0 fully saturated rings. The van der Waals surface area contributed by atoms with Gasteiger partial charge in [0.2, 0.25) is 5.91 Å². The first-order chi connectivity index (χ1) is 12.1. The van der Waals surface area contributed by atoms with E-state index >= 15 is 0 Å². The maximum atomic E-state index is 13.4. The van der Waals surface area contributed by atoms with Crippen LogP contribution in [-0.2, 0) is 21.8 Å². The Morgan fingerprint density at radius 1 is 1.28 bits per heavy atom. The van der Waals surface area contributed by atoms with Gasteiger partial charge in [0.25, 0.3) is 0 Å². The van der Waals surface area contributed by atoms with Gasteiger partial charge in [-0.15, -0.1) is 0 Å². The summed E-state index contributed by atoms with van der Waals surface area (Å²) >= 11 is 1.64. The predicted octanol–water partition coefficient (Wildman–Crippen LogP) is 1.51. The largest absolute Gasteiger partial charge is 0.383 e. The van der Waals surface area contributed by atoms with Gasteiger partial charge in [0.15, 0.2) is 5.96 Å². The van der Waals surface area contributed by atoms with Crippen molar-refractivity contribution < 1.29 is 13.9 Å². The Bertz CT molecular complexity index is 570. The van der Waals surface area contributed by atoms with Gasteiger partial charge in [-0.2, -0.15) is 11.8 Å². The van der Waals surface area contributed by atoms with Crippen LogP contribution in [0.4, 0.5) is 4.39 Å². The summed E-state index contributed by atoms with van der Waals surface area (Å²) in [7, 11) is 1.58. The Morgan fingerprint density at radius 3 is 2.76 bits per heavy atom. The molecule has 0 unspecified atom stereocenters. The van der Waals surface area contributed by atoms with Gasteiger partial charge in [-0.25, -0.2) is 9.38 Å². The number of aliphatic imine (C=N–C) groups is 1. The molecule has 6 nitrogen and oxygen atoms in total. The van der Waals surface area contributed by atoms with Crippen molar-refractivity contribution >= 4 is 23.6 Å². The number of carbonyl (C=O) groups is 1. The Hall–Kier alpha value is -1.80. The monoisotopic (exact) mass is 370 g/mol. The van der Waals surface area contributed by atoms with E-state index in [1.54, 1.807) is 31.0 Å². The highest BCUT2D eigenvalue weighted by Gasteiger charge is 2.06. The molecule has 0 aliphatic rings. The molecular formula is C17H27FN4O2S. The van der Waals surface area contributed by atoms with E-state index in [2.05, 4.69) is 20.9 Å². The minimum Gasteiger partial charge on any atom is -0.383 e. The fourth-order valence-electron chi connectivity index (χ4n) is 2.06. The van der Waals surface area contributed by atoms with Crippen LogP contribution in [-0.4, -0.2) is 51.5 Å². The van der Waals surface area contributed by atoms with E-state index in [9.17, 15) is 9.18 Å². The average molecular weight is 370 g/mol. The van der Waals surface area contributed by atoms with Gasteiger partial charge in [-0.1, -0.05) is 6.07 Å². The van der Waals surface area contributed by atoms with E-state index in [0.29, 0.717) is 32.2 Å². The molecule has 0 saturated carbocycles. The molecule has 8 heteroatoms. The Balaban J connectivity index is 2.64. The van der Waals surface area contributed by atoms with Crippen molar-refractivity contribution in [2.24, 2.45) is 4.99 Å². The van der Waals surface area contributed by atoms with E-state index < -0.39 is 0 Å².